The van der Waals surface area contributed by atoms with Crippen molar-refractivity contribution in [1.82, 2.24) is 30.8 Å². The van der Waals surface area contributed by atoms with Crippen molar-refractivity contribution >= 4 is 45.9 Å². The van der Waals surface area contributed by atoms with Crippen molar-refractivity contribution in [3.63, 3.8) is 0 Å². The molecular formula is C40H40Cl2N6O4. The largest absolute Gasteiger partial charge is 0.481 e. The van der Waals surface area contributed by atoms with Crippen LogP contribution in [-0.4, -0.2) is 53.6 Å². The zero-order chi connectivity index (χ0) is 36.4. The molecule has 268 valence electrons. The SMILES string of the molecule is COc1nc(-c2cccc(-c3cccc(-c4ccc5c(CNC[C@@H]6CCC(=O)N6)cc(=O)n(C)c5c4)c3Cl)c2Cl)ccc1CNC[C@@H]1CCC(=O)N1. The third-order valence-corrected chi connectivity index (χ3v) is 10.7. The van der Waals surface area contributed by atoms with Crippen LogP contribution in [0.25, 0.3) is 44.4 Å². The second kappa shape index (κ2) is 15.5. The standard InChI is InChI=1S/C40H40Cl2N6O4/c1-48-34-17-23(9-13-28(34)25(18-37(48)51)20-44-22-27-12-16-36(50)46-27)29-5-3-6-30(38(29)41)31-7-4-8-32(39(31)42)33-14-10-24(40(47-33)52-2)19-43-21-26-11-15-35(49)45-26/h3-10,13-14,17-18,26-27,43-44H,11-12,15-16,19-22H2,1-2H3,(H,45,49)(H,46,50)/t26-,27-/m0/s1. The number of amides is 2. The summed E-state index contributed by atoms with van der Waals surface area (Å²) in [6.45, 7) is 2.36. The summed E-state index contributed by atoms with van der Waals surface area (Å²) in [5.41, 5.74) is 7.09. The lowest BCUT2D eigenvalue weighted by Gasteiger charge is -2.17. The first-order valence-corrected chi connectivity index (χ1v) is 18.2. The fraction of sp³-hybridized carbons (Fsp3) is 0.300. The number of benzene rings is 3. The highest BCUT2D eigenvalue weighted by molar-refractivity contribution is 6.39. The lowest BCUT2D eigenvalue weighted by molar-refractivity contribution is -0.120. The molecule has 2 aliphatic rings. The predicted molar refractivity (Wildman–Crippen MR) is 206 cm³/mol. The van der Waals surface area contributed by atoms with Crippen molar-refractivity contribution in [2.24, 2.45) is 7.05 Å². The first kappa shape index (κ1) is 35.7. The van der Waals surface area contributed by atoms with Crippen LogP contribution in [0.5, 0.6) is 5.88 Å². The molecule has 52 heavy (non-hydrogen) atoms. The Balaban J connectivity index is 1.14. The highest BCUT2D eigenvalue weighted by Crippen LogP contribution is 2.42. The molecule has 12 heteroatoms. The van der Waals surface area contributed by atoms with Crippen molar-refractivity contribution in [2.45, 2.75) is 50.9 Å². The summed E-state index contributed by atoms with van der Waals surface area (Å²) in [5.74, 6) is 0.669. The Hall–Kier alpha value is -4.74. The Kier molecular flexibility index (Phi) is 10.6. The van der Waals surface area contributed by atoms with Gasteiger partial charge >= 0.3 is 0 Å². The van der Waals surface area contributed by atoms with E-state index < -0.39 is 0 Å². The minimum atomic E-state index is -0.104. The molecular weight excluding hydrogens is 699 g/mol. The molecule has 2 amide bonds. The maximum atomic E-state index is 13.0. The van der Waals surface area contributed by atoms with Crippen LogP contribution < -0.4 is 31.6 Å². The van der Waals surface area contributed by atoms with Gasteiger partial charge in [0.2, 0.25) is 17.7 Å². The molecule has 4 heterocycles. The van der Waals surface area contributed by atoms with Gasteiger partial charge in [-0.25, -0.2) is 4.98 Å². The number of pyridine rings is 2. The van der Waals surface area contributed by atoms with Crippen LogP contribution in [0.3, 0.4) is 0 Å². The summed E-state index contributed by atoms with van der Waals surface area (Å²) in [7, 11) is 3.36. The lowest BCUT2D eigenvalue weighted by Crippen LogP contribution is -2.35. The molecule has 0 radical (unpaired) electrons. The van der Waals surface area contributed by atoms with E-state index >= 15 is 0 Å². The number of ether oxygens (including phenoxy) is 1. The number of hydrogen-bond donors (Lipinski definition) is 4. The second-order valence-corrected chi connectivity index (χ2v) is 14.1. The van der Waals surface area contributed by atoms with Crippen molar-refractivity contribution in [2.75, 3.05) is 20.2 Å². The number of carbonyl (C=O) groups excluding carboxylic acids is 2. The van der Waals surface area contributed by atoms with E-state index in [9.17, 15) is 14.4 Å². The quantitative estimate of drug-likeness (QED) is 0.124. The molecule has 2 aliphatic heterocycles. The summed E-state index contributed by atoms with van der Waals surface area (Å²) in [6.07, 6.45) is 2.75. The Bertz CT molecular complexity index is 2240. The van der Waals surface area contributed by atoms with Crippen LogP contribution in [0.4, 0.5) is 0 Å². The Morgan fingerprint density at radius 2 is 1.37 bits per heavy atom. The van der Waals surface area contributed by atoms with Gasteiger partial charge in [0, 0.05) is 97.4 Å². The molecule has 3 aromatic carbocycles. The topological polar surface area (TPSA) is 126 Å². The van der Waals surface area contributed by atoms with Crippen LogP contribution in [0.2, 0.25) is 10.0 Å². The summed E-state index contributed by atoms with van der Waals surface area (Å²) < 4.78 is 7.31. The monoisotopic (exact) mass is 738 g/mol. The highest BCUT2D eigenvalue weighted by atomic mass is 35.5. The molecule has 2 saturated heterocycles. The van der Waals surface area contributed by atoms with Gasteiger partial charge in [0.1, 0.15) is 0 Å². The number of aryl methyl sites for hydroxylation is 1. The van der Waals surface area contributed by atoms with E-state index in [-0.39, 0.29) is 29.5 Å². The molecule has 0 bridgehead atoms. The Morgan fingerprint density at radius 1 is 0.769 bits per heavy atom. The summed E-state index contributed by atoms with van der Waals surface area (Å²) >= 11 is 14.3. The van der Waals surface area contributed by atoms with E-state index in [1.54, 1.807) is 24.8 Å². The molecule has 0 saturated carbocycles. The van der Waals surface area contributed by atoms with Crippen LogP contribution in [-0.2, 0) is 29.7 Å². The van der Waals surface area contributed by atoms with Crippen LogP contribution in [0, 0.1) is 0 Å². The highest BCUT2D eigenvalue weighted by Gasteiger charge is 2.22. The first-order valence-electron chi connectivity index (χ1n) is 17.4. The van der Waals surface area contributed by atoms with Crippen molar-refractivity contribution in [1.29, 1.82) is 0 Å². The minimum Gasteiger partial charge on any atom is -0.481 e. The van der Waals surface area contributed by atoms with E-state index in [4.69, 9.17) is 32.9 Å². The van der Waals surface area contributed by atoms with Gasteiger partial charge in [0.25, 0.3) is 5.56 Å². The molecule has 2 atom stereocenters. The molecule has 0 spiro atoms. The van der Waals surface area contributed by atoms with Gasteiger partial charge in [-0.1, -0.05) is 77.8 Å². The Morgan fingerprint density at radius 3 is 1.98 bits per heavy atom. The lowest BCUT2D eigenvalue weighted by atomic mass is 9.95. The number of fused-ring (bicyclic) bond motifs is 1. The number of nitrogens with zero attached hydrogens (tertiary/aromatic N) is 2. The number of carbonyl (C=O) groups is 2. The number of aromatic nitrogens is 2. The van der Waals surface area contributed by atoms with Gasteiger partial charge in [-0.05, 0) is 36.1 Å². The number of hydrogen-bond acceptors (Lipinski definition) is 7. The van der Waals surface area contributed by atoms with Gasteiger partial charge in [-0.15, -0.1) is 0 Å². The fourth-order valence-corrected chi connectivity index (χ4v) is 7.75. The van der Waals surface area contributed by atoms with E-state index in [0.717, 1.165) is 62.7 Å². The number of methoxy groups -OCH3 is 1. The third kappa shape index (κ3) is 7.43. The molecule has 5 aromatic rings. The molecule has 7 rings (SSSR count). The number of nitrogens with one attached hydrogen (secondary N) is 4. The molecule has 0 unspecified atom stereocenters. The van der Waals surface area contributed by atoms with Gasteiger partial charge in [0.15, 0.2) is 0 Å². The van der Waals surface area contributed by atoms with Crippen molar-refractivity contribution in [3.05, 3.63) is 104 Å². The zero-order valence-corrected chi connectivity index (χ0v) is 30.5. The Labute approximate surface area is 311 Å². The first-order chi connectivity index (χ1) is 25.2. The van der Waals surface area contributed by atoms with Gasteiger partial charge in [-0.2, -0.15) is 0 Å². The number of rotatable bonds is 12. The van der Waals surface area contributed by atoms with Gasteiger partial charge in [0.05, 0.1) is 28.4 Å². The van der Waals surface area contributed by atoms with Crippen LogP contribution >= 0.6 is 23.2 Å². The van der Waals surface area contributed by atoms with Gasteiger partial charge in [-0.3, -0.25) is 14.4 Å². The molecule has 2 aromatic heterocycles. The molecule has 4 N–H and O–H groups in total. The maximum absolute atomic E-state index is 13.0. The minimum absolute atomic E-state index is 0.0807. The average molecular weight is 740 g/mol. The van der Waals surface area contributed by atoms with Crippen molar-refractivity contribution < 1.29 is 14.3 Å². The van der Waals surface area contributed by atoms with Gasteiger partial charge < -0.3 is 30.6 Å². The van der Waals surface area contributed by atoms with Crippen molar-refractivity contribution in [3.8, 4) is 39.4 Å². The molecule has 10 nitrogen and oxygen atoms in total. The third-order valence-electron chi connectivity index (χ3n) is 9.92. The normalized spacial score (nSPS) is 17.1. The van der Waals surface area contributed by atoms with E-state index in [1.165, 1.54) is 0 Å². The smallest absolute Gasteiger partial charge is 0.251 e. The summed E-state index contributed by atoms with van der Waals surface area (Å²) in [5, 5.41) is 14.8. The number of halogens is 2. The predicted octanol–water partition coefficient (Wildman–Crippen LogP) is 5.99. The zero-order valence-electron chi connectivity index (χ0n) is 29.0. The second-order valence-electron chi connectivity index (χ2n) is 13.4. The van der Waals surface area contributed by atoms with E-state index in [1.807, 2.05) is 66.7 Å². The summed E-state index contributed by atoms with van der Waals surface area (Å²) in [4.78, 5) is 41.0. The molecule has 0 aliphatic carbocycles. The van der Waals surface area contributed by atoms with Crippen LogP contribution in [0.15, 0.2) is 77.6 Å². The average Bonchev–Trinajstić information content (AvgIpc) is 3.77. The van der Waals surface area contributed by atoms with Crippen LogP contribution in [0.1, 0.15) is 36.8 Å². The van der Waals surface area contributed by atoms with E-state index in [2.05, 4.69) is 21.3 Å². The summed E-state index contributed by atoms with van der Waals surface area (Å²) in [6, 6.07) is 23.5. The van der Waals surface area contributed by atoms with E-state index in [0.29, 0.717) is 60.6 Å². The fourth-order valence-electron chi connectivity index (χ4n) is 7.09. The molecule has 2 fully saturated rings. The maximum Gasteiger partial charge on any atom is 0.251 e.